The fourth-order valence-corrected chi connectivity index (χ4v) is 2.64. The Hall–Kier alpha value is -1.65. The maximum absolute atomic E-state index is 13.7. The number of anilines is 1. The van der Waals surface area contributed by atoms with E-state index in [1.54, 1.807) is 0 Å². The minimum absolute atomic E-state index is 0.0427. The third-order valence-corrected chi connectivity index (χ3v) is 3.78. The van der Waals surface area contributed by atoms with Crippen molar-refractivity contribution in [1.29, 1.82) is 0 Å². The molecular formula is C14H18F2N2O. The molecule has 0 saturated heterocycles. The molecule has 0 heterocycles. The number of hydrogen-bond acceptors (Lipinski definition) is 2. The van der Waals surface area contributed by atoms with Crippen LogP contribution in [0.3, 0.4) is 0 Å². The Morgan fingerprint density at radius 1 is 1.37 bits per heavy atom. The molecule has 1 amide bonds. The monoisotopic (exact) mass is 268 g/mol. The van der Waals surface area contributed by atoms with Crippen molar-refractivity contribution >= 4 is 11.6 Å². The van der Waals surface area contributed by atoms with Crippen molar-refractivity contribution in [3.8, 4) is 0 Å². The highest BCUT2D eigenvalue weighted by atomic mass is 19.1. The van der Waals surface area contributed by atoms with Crippen LogP contribution in [-0.4, -0.2) is 11.9 Å². The van der Waals surface area contributed by atoms with Crippen molar-refractivity contribution in [1.82, 2.24) is 5.32 Å². The summed E-state index contributed by atoms with van der Waals surface area (Å²) in [7, 11) is 0. The highest BCUT2D eigenvalue weighted by molar-refractivity contribution is 5.95. The minimum atomic E-state index is -0.863. The van der Waals surface area contributed by atoms with Crippen LogP contribution in [0.2, 0.25) is 0 Å². The van der Waals surface area contributed by atoms with Crippen molar-refractivity contribution in [3.63, 3.8) is 0 Å². The zero-order valence-corrected chi connectivity index (χ0v) is 10.9. The molecule has 0 bridgehead atoms. The van der Waals surface area contributed by atoms with Crippen LogP contribution in [0.15, 0.2) is 12.1 Å². The van der Waals surface area contributed by atoms with E-state index in [0.29, 0.717) is 5.92 Å². The van der Waals surface area contributed by atoms with E-state index in [4.69, 9.17) is 5.73 Å². The van der Waals surface area contributed by atoms with Gasteiger partial charge >= 0.3 is 0 Å². The molecule has 3 nitrogen and oxygen atoms in total. The van der Waals surface area contributed by atoms with Gasteiger partial charge < -0.3 is 11.1 Å². The first-order valence-corrected chi connectivity index (χ1v) is 6.54. The van der Waals surface area contributed by atoms with Crippen molar-refractivity contribution in [2.45, 2.75) is 38.6 Å². The van der Waals surface area contributed by atoms with E-state index in [-0.39, 0.29) is 17.3 Å². The quantitative estimate of drug-likeness (QED) is 0.828. The summed E-state index contributed by atoms with van der Waals surface area (Å²) >= 11 is 0. The fraction of sp³-hybridized carbons (Fsp3) is 0.500. The number of carbonyl (C=O) groups is 1. The minimum Gasteiger partial charge on any atom is -0.396 e. The van der Waals surface area contributed by atoms with Crippen LogP contribution < -0.4 is 11.1 Å². The number of nitrogen functional groups attached to an aromatic ring is 1. The Morgan fingerprint density at radius 3 is 2.63 bits per heavy atom. The molecule has 1 aliphatic rings. The zero-order valence-electron chi connectivity index (χ0n) is 10.9. The number of rotatable bonds is 3. The Kier molecular flexibility index (Phi) is 4.02. The molecule has 3 N–H and O–H groups in total. The van der Waals surface area contributed by atoms with Crippen LogP contribution in [0.25, 0.3) is 0 Å². The van der Waals surface area contributed by atoms with Gasteiger partial charge in [-0.05, 0) is 37.8 Å². The summed E-state index contributed by atoms with van der Waals surface area (Å²) in [6.07, 6.45) is 4.45. The number of nitrogens with one attached hydrogen (secondary N) is 1. The molecule has 5 heteroatoms. The molecule has 1 atom stereocenters. The number of amides is 1. The summed E-state index contributed by atoms with van der Waals surface area (Å²) in [5.74, 6) is -1.77. The smallest absolute Gasteiger partial charge is 0.254 e. The van der Waals surface area contributed by atoms with E-state index in [2.05, 4.69) is 5.32 Å². The lowest BCUT2D eigenvalue weighted by Crippen LogP contribution is -2.37. The molecule has 1 saturated carbocycles. The lowest BCUT2D eigenvalue weighted by molar-refractivity contribution is 0.0922. The Bertz CT molecular complexity index is 485. The maximum atomic E-state index is 13.7. The van der Waals surface area contributed by atoms with Crippen molar-refractivity contribution in [3.05, 3.63) is 29.3 Å². The molecule has 1 aromatic rings. The van der Waals surface area contributed by atoms with Gasteiger partial charge in [-0.1, -0.05) is 12.8 Å². The van der Waals surface area contributed by atoms with Crippen molar-refractivity contribution in [2.75, 3.05) is 5.73 Å². The molecule has 0 aromatic heterocycles. The van der Waals surface area contributed by atoms with Gasteiger partial charge in [0.15, 0.2) is 5.82 Å². The topological polar surface area (TPSA) is 55.1 Å². The second-order valence-electron chi connectivity index (χ2n) is 5.16. The summed E-state index contributed by atoms with van der Waals surface area (Å²) in [5.41, 5.74) is 4.64. The molecule has 0 radical (unpaired) electrons. The van der Waals surface area contributed by atoms with Crippen LogP contribution >= 0.6 is 0 Å². The Morgan fingerprint density at radius 2 is 2.00 bits per heavy atom. The summed E-state index contributed by atoms with van der Waals surface area (Å²) in [5, 5.41) is 2.73. The zero-order chi connectivity index (χ0) is 14.0. The van der Waals surface area contributed by atoms with E-state index in [1.807, 2.05) is 6.92 Å². The third-order valence-electron chi connectivity index (χ3n) is 3.78. The second kappa shape index (κ2) is 5.55. The molecule has 0 spiro atoms. The SMILES string of the molecule is CC(NC(=O)c1cc(F)cc(N)c1F)C1CCCC1. The van der Waals surface area contributed by atoms with Crippen molar-refractivity contribution in [2.24, 2.45) is 5.92 Å². The van der Waals surface area contributed by atoms with E-state index in [9.17, 15) is 13.6 Å². The first-order valence-electron chi connectivity index (χ1n) is 6.54. The summed E-state index contributed by atoms with van der Waals surface area (Å²) in [6, 6.07) is 1.70. The third kappa shape index (κ3) is 3.03. The molecule has 19 heavy (non-hydrogen) atoms. The van der Waals surface area contributed by atoms with Gasteiger partial charge in [0.05, 0.1) is 11.3 Å². The molecule has 104 valence electrons. The normalized spacial score (nSPS) is 17.4. The predicted molar refractivity (Wildman–Crippen MR) is 69.7 cm³/mol. The van der Waals surface area contributed by atoms with E-state index < -0.39 is 17.5 Å². The van der Waals surface area contributed by atoms with Gasteiger partial charge in [-0.2, -0.15) is 0 Å². The van der Waals surface area contributed by atoms with E-state index in [1.165, 1.54) is 0 Å². The average Bonchev–Trinajstić information content (AvgIpc) is 2.87. The highest BCUT2D eigenvalue weighted by Crippen LogP contribution is 2.28. The number of benzene rings is 1. The molecule has 0 aliphatic heterocycles. The van der Waals surface area contributed by atoms with E-state index >= 15 is 0 Å². The van der Waals surface area contributed by atoms with Gasteiger partial charge in [0.25, 0.3) is 5.91 Å². The van der Waals surface area contributed by atoms with E-state index in [0.717, 1.165) is 37.8 Å². The number of hydrogen-bond donors (Lipinski definition) is 2. The van der Waals surface area contributed by atoms with Crippen LogP contribution in [0.1, 0.15) is 43.0 Å². The summed E-state index contributed by atoms with van der Waals surface area (Å²) in [4.78, 5) is 12.0. The molecule has 1 aromatic carbocycles. The van der Waals surface area contributed by atoms with Crippen molar-refractivity contribution < 1.29 is 13.6 Å². The van der Waals surface area contributed by atoms with Gasteiger partial charge in [0.2, 0.25) is 0 Å². The summed E-state index contributed by atoms with van der Waals surface area (Å²) in [6.45, 7) is 1.90. The second-order valence-corrected chi connectivity index (χ2v) is 5.16. The van der Waals surface area contributed by atoms with Crippen LogP contribution in [-0.2, 0) is 0 Å². The maximum Gasteiger partial charge on any atom is 0.254 e. The molecule has 2 rings (SSSR count). The number of nitrogens with two attached hydrogens (primary N) is 1. The lowest BCUT2D eigenvalue weighted by atomic mass is 9.99. The number of halogens is 2. The largest absolute Gasteiger partial charge is 0.396 e. The summed E-state index contributed by atoms with van der Waals surface area (Å²) < 4.78 is 26.9. The van der Waals surface area contributed by atoms with Gasteiger partial charge in [0, 0.05) is 6.04 Å². The fourth-order valence-electron chi connectivity index (χ4n) is 2.64. The first kappa shape index (κ1) is 13.8. The molecule has 1 fully saturated rings. The van der Waals surface area contributed by atoms with Gasteiger partial charge in [-0.25, -0.2) is 8.78 Å². The molecular weight excluding hydrogens is 250 g/mol. The standard InChI is InChI=1S/C14H18F2N2O/c1-8(9-4-2-3-5-9)18-14(19)11-6-10(15)7-12(17)13(11)16/h6-9H,2-5,17H2,1H3,(H,18,19). The first-order chi connectivity index (χ1) is 8.99. The number of carbonyl (C=O) groups excluding carboxylic acids is 1. The average molecular weight is 268 g/mol. The van der Waals surface area contributed by atoms with Gasteiger partial charge in [-0.15, -0.1) is 0 Å². The van der Waals surface area contributed by atoms with Crippen LogP contribution in [0, 0.1) is 17.6 Å². The van der Waals surface area contributed by atoms with Gasteiger partial charge in [-0.3, -0.25) is 4.79 Å². The van der Waals surface area contributed by atoms with Gasteiger partial charge in [0.1, 0.15) is 5.82 Å². The highest BCUT2D eigenvalue weighted by Gasteiger charge is 2.24. The molecule has 1 aliphatic carbocycles. The predicted octanol–water partition coefficient (Wildman–Crippen LogP) is 2.86. The molecule has 1 unspecified atom stereocenters. The van der Waals surface area contributed by atoms with Crippen LogP contribution in [0.5, 0.6) is 0 Å². The van der Waals surface area contributed by atoms with Crippen LogP contribution in [0.4, 0.5) is 14.5 Å². The lowest BCUT2D eigenvalue weighted by Gasteiger charge is -2.20. The Labute approximate surface area is 111 Å². The Balaban J connectivity index is 2.11.